The highest BCUT2D eigenvalue weighted by Gasteiger charge is 2.64. The molecule has 0 aromatic heterocycles. The Hall–Kier alpha value is -0.900. The quantitative estimate of drug-likeness (QED) is 0.895. The van der Waals surface area contributed by atoms with Crippen LogP contribution >= 0.6 is 0 Å². The summed E-state index contributed by atoms with van der Waals surface area (Å²) >= 11 is 0. The fraction of sp³-hybridized carbons (Fsp3) is 0.714. The van der Waals surface area contributed by atoms with Crippen molar-refractivity contribution >= 4 is 0 Å². The molecule has 4 bridgehead atoms. The van der Waals surface area contributed by atoms with Crippen LogP contribution in [0.4, 0.5) is 0 Å². The molecule has 0 amide bonds. The maximum Gasteiger partial charge on any atom is 0.0889 e. The molecule has 1 aromatic carbocycles. The van der Waals surface area contributed by atoms with E-state index in [4.69, 9.17) is 0 Å². The number of piperidine rings is 2. The first-order chi connectivity index (χ1) is 11.6. The minimum absolute atomic E-state index is 0.0829. The van der Waals surface area contributed by atoms with E-state index in [2.05, 4.69) is 54.8 Å². The fourth-order valence-corrected chi connectivity index (χ4v) is 6.26. The zero-order valence-electron chi connectivity index (χ0n) is 15.5. The van der Waals surface area contributed by atoms with Gasteiger partial charge >= 0.3 is 0 Å². The molecule has 0 aliphatic carbocycles. The van der Waals surface area contributed by atoms with E-state index >= 15 is 0 Å². The first kappa shape index (κ1) is 16.6. The third-order valence-electron chi connectivity index (χ3n) is 6.89. The lowest BCUT2D eigenvalue weighted by molar-refractivity contribution is -0.268. The Morgan fingerprint density at radius 3 is 1.92 bits per heavy atom. The Labute approximate surface area is 146 Å². The van der Waals surface area contributed by atoms with Crippen LogP contribution in [0, 0.1) is 17.8 Å². The number of aryl methyl sites for hydroxylation is 1. The number of aliphatic hydroxyl groups is 1. The number of nitrogens with zero attached hydrogens (tertiary/aromatic N) is 2. The summed E-state index contributed by atoms with van der Waals surface area (Å²) in [6.45, 7) is 11.0. The molecular formula is C21H32N2O. The van der Waals surface area contributed by atoms with Crippen molar-refractivity contribution < 1.29 is 5.11 Å². The molecule has 0 atom stereocenters. The smallest absolute Gasteiger partial charge is 0.0889 e. The number of rotatable bonds is 5. The van der Waals surface area contributed by atoms with Gasteiger partial charge in [-0.05, 0) is 30.9 Å². The first-order valence-electron chi connectivity index (χ1n) is 9.77. The lowest BCUT2D eigenvalue weighted by atomic mass is 9.56. The minimum Gasteiger partial charge on any atom is -0.392 e. The van der Waals surface area contributed by atoms with Gasteiger partial charge in [0, 0.05) is 37.0 Å². The molecule has 1 aromatic rings. The van der Waals surface area contributed by atoms with Crippen LogP contribution in [0.3, 0.4) is 0 Å². The number of benzene rings is 1. The Morgan fingerprint density at radius 2 is 1.46 bits per heavy atom. The molecule has 4 saturated heterocycles. The van der Waals surface area contributed by atoms with Crippen molar-refractivity contribution in [3.8, 4) is 0 Å². The summed E-state index contributed by atoms with van der Waals surface area (Å²) in [6, 6.07) is 8.85. The topological polar surface area (TPSA) is 26.7 Å². The van der Waals surface area contributed by atoms with Gasteiger partial charge in [-0.1, -0.05) is 51.0 Å². The van der Waals surface area contributed by atoms with Gasteiger partial charge in [-0.25, -0.2) is 0 Å². The van der Waals surface area contributed by atoms with Crippen molar-refractivity contribution in [3.05, 3.63) is 35.4 Å². The average molecular weight is 329 g/mol. The molecule has 4 aliphatic heterocycles. The minimum atomic E-state index is -0.129. The molecule has 24 heavy (non-hydrogen) atoms. The molecule has 3 nitrogen and oxygen atoms in total. The summed E-state index contributed by atoms with van der Waals surface area (Å²) in [7, 11) is 0. The van der Waals surface area contributed by atoms with Crippen LogP contribution < -0.4 is 0 Å². The lowest BCUT2D eigenvalue weighted by Gasteiger charge is -2.70. The maximum absolute atomic E-state index is 11.3. The third kappa shape index (κ3) is 2.21. The van der Waals surface area contributed by atoms with E-state index in [-0.39, 0.29) is 16.9 Å². The second-order valence-corrected chi connectivity index (χ2v) is 8.67. The summed E-state index contributed by atoms with van der Waals surface area (Å²) in [5, 5.41) is 11.3. The second-order valence-electron chi connectivity index (χ2n) is 8.67. The van der Waals surface area contributed by atoms with Crippen LogP contribution in [0.25, 0.3) is 0 Å². The predicted octanol–water partition coefficient (Wildman–Crippen LogP) is 3.57. The van der Waals surface area contributed by atoms with Gasteiger partial charge in [-0.2, -0.15) is 0 Å². The van der Waals surface area contributed by atoms with Crippen molar-refractivity contribution in [2.45, 2.75) is 58.7 Å². The van der Waals surface area contributed by atoms with Crippen molar-refractivity contribution in [3.63, 3.8) is 0 Å². The Kier molecular flexibility index (Phi) is 4.02. The summed E-state index contributed by atoms with van der Waals surface area (Å²) in [6.07, 6.45) is 4.90. The highest BCUT2D eigenvalue weighted by Crippen LogP contribution is 2.57. The van der Waals surface area contributed by atoms with Gasteiger partial charge in [0.2, 0.25) is 0 Å². The first-order valence-corrected chi connectivity index (χ1v) is 9.77. The van der Waals surface area contributed by atoms with E-state index in [0.29, 0.717) is 6.17 Å². The fourth-order valence-electron chi connectivity index (χ4n) is 6.26. The molecule has 0 spiro atoms. The molecule has 3 heteroatoms. The summed E-state index contributed by atoms with van der Waals surface area (Å²) in [5.41, 5.74) is 3.02. The van der Waals surface area contributed by atoms with E-state index < -0.39 is 0 Å². The molecule has 0 unspecified atom stereocenters. The lowest BCUT2D eigenvalue weighted by Crippen LogP contribution is -2.78. The van der Waals surface area contributed by atoms with Gasteiger partial charge in [0.15, 0.2) is 0 Å². The van der Waals surface area contributed by atoms with Gasteiger partial charge in [0.1, 0.15) is 0 Å². The van der Waals surface area contributed by atoms with Crippen molar-refractivity contribution in [2.24, 2.45) is 10.8 Å². The maximum atomic E-state index is 11.3. The predicted molar refractivity (Wildman–Crippen MR) is 97.8 cm³/mol. The van der Waals surface area contributed by atoms with E-state index in [1.54, 1.807) is 0 Å². The number of aliphatic hydroxyl groups excluding tert-OH is 1. The van der Waals surface area contributed by atoms with Gasteiger partial charge < -0.3 is 5.11 Å². The van der Waals surface area contributed by atoms with Crippen LogP contribution in [0.5, 0.6) is 0 Å². The van der Waals surface area contributed by atoms with Gasteiger partial charge in [0.25, 0.3) is 0 Å². The zero-order chi connectivity index (χ0) is 16.9. The van der Waals surface area contributed by atoms with E-state index in [1.807, 2.05) is 0 Å². The van der Waals surface area contributed by atoms with Gasteiger partial charge in [-0.3, -0.25) is 9.80 Å². The largest absolute Gasteiger partial charge is 0.392 e. The van der Waals surface area contributed by atoms with E-state index in [0.717, 1.165) is 51.9 Å². The van der Waals surface area contributed by atoms with Gasteiger partial charge in [0.05, 0.1) is 12.3 Å². The SMILES string of the molecule is CCCC12CN3CC(CCC)(CN(C1)C3c1ccccc1C)C2O. The highest BCUT2D eigenvalue weighted by molar-refractivity contribution is 5.31. The standard InChI is InChI=1S/C21H32N2O/c1-4-10-20-12-22-14-21(11-5-2,19(20)24)15-23(13-20)18(22)17-9-7-6-8-16(17)3/h6-9,18-19,24H,4-5,10-15H2,1-3H3. The molecule has 1 N–H and O–H groups in total. The van der Waals surface area contributed by atoms with Crippen molar-refractivity contribution in [1.29, 1.82) is 0 Å². The summed E-state index contributed by atoms with van der Waals surface area (Å²) in [4.78, 5) is 5.38. The normalized spacial score (nSPS) is 43.3. The molecule has 0 saturated carbocycles. The second kappa shape index (κ2) is 5.82. The van der Waals surface area contributed by atoms with Crippen LogP contribution in [-0.2, 0) is 0 Å². The van der Waals surface area contributed by atoms with Crippen LogP contribution in [0.1, 0.15) is 56.8 Å². The Balaban J connectivity index is 1.74. The van der Waals surface area contributed by atoms with Crippen molar-refractivity contribution in [2.75, 3.05) is 26.2 Å². The highest BCUT2D eigenvalue weighted by atomic mass is 16.3. The van der Waals surface area contributed by atoms with E-state index in [9.17, 15) is 5.11 Å². The van der Waals surface area contributed by atoms with Crippen molar-refractivity contribution in [1.82, 2.24) is 9.80 Å². The van der Waals surface area contributed by atoms with Crippen LogP contribution in [0.15, 0.2) is 24.3 Å². The monoisotopic (exact) mass is 328 g/mol. The number of hydrogen-bond donors (Lipinski definition) is 1. The van der Waals surface area contributed by atoms with Gasteiger partial charge in [-0.15, -0.1) is 0 Å². The Bertz CT molecular complexity index is 572. The van der Waals surface area contributed by atoms with E-state index in [1.165, 1.54) is 11.1 Å². The number of hydrogen-bond acceptors (Lipinski definition) is 3. The van der Waals surface area contributed by atoms with Crippen LogP contribution in [-0.4, -0.2) is 47.2 Å². The third-order valence-corrected chi connectivity index (χ3v) is 6.89. The molecule has 132 valence electrons. The Morgan fingerprint density at radius 1 is 0.958 bits per heavy atom. The summed E-state index contributed by atoms with van der Waals surface area (Å²) in [5.74, 6) is 0. The zero-order valence-corrected chi connectivity index (χ0v) is 15.5. The summed E-state index contributed by atoms with van der Waals surface area (Å²) < 4.78 is 0. The molecule has 4 fully saturated rings. The van der Waals surface area contributed by atoms with Crippen LogP contribution in [0.2, 0.25) is 0 Å². The molecular weight excluding hydrogens is 296 g/mol. The molecule has 0 radical (unpaired) electrons. The molecule has 4 heterocycles. The average Bonchev–Trinajstić information content (AvgIpc) is 2.53. The molecule has 5 rings (SSSR count). The molecule has 4 aliphatic rings.